The molecule has 0 saturated heterocycles. The van der Waals surface area contributed by atoms with Gasteiger partial charge in [-0.3, -0.25) is 4.57 Å². The van der Waals surface area contributed by atoms with Crippen LogP contribution >= 0.6 is 19.1 Å². The Morgan fingerprint density at radius 3 is 2.23 bits per heavy atom. The van der Waals surface area contributed by atoms with Crippen molar-refractivity contribution in [1.82, 2.24) is 9.55 Å². The molecule has 0 fully saturated rings. The molecule has 1 aliphatic rings. The van der Waals surface area contributed by atoms with Crippen LogP contribution in [0.5, 0.6) is 0 Å². The van der Waals surface area contributed by atoms with Gasteiger partial charge in [0.15, 0.2) is 5.82 Å². The SMILES string of the molecule is N#Cc1c(SCc2ccccc2)nn2c1NC(c1ccccc1)P2(=O)c1ccccc1. The first-order chi connectivity index (χ1) is 15.2. The molecule has 0 amide bonds. The molecule has 5 rings (SSSR count). The van der Waals surface area contributed by atoms with Crippen molar-refractivity contribution in [1.29, 1.82) is 5.26 Å². The number of rotatable bonds is 5. The number of nitrogens with zero attached hydrogens (tertiary/aromatic N) is 3. The lowest BCUT2D eigenvalue weighted by Gasteiger charge is -2.21. The third kappa shape index (κ3) is 3.37. The Balaban J connectivity index is 1.60. The standard InChI is InChI=1S/C24H19N4OPS/c25-16-21-22-26-23(19-12-6-2-7-13-19)30(29,20-14-8-3-9-15-20)28(22)27-24(21)31-17-18-10-4-1-5-11-18/h1-15,23,26H,17H2. The first-order valence-corrected chi connectivity index (χ1v) is 12.6. The fourth-order valence-corrected chi connectivity index (χ4v) is 7.68. The highest BCUT2D eigenvalue weighted by Gasteiger charge is 2.47. The summed E-state index contributed by atoms with van der Waals surface area (Å²) in [5.41, 5.74) is 2.49. The van der Waals surface area contributed by atoms with E-state index in [1.165, 1.54) is 11.8 Å². The Morgan fingerprint density at radius 1 is 0.968 bits per heavy atom. The first kappa shape index (κ1) is 19.7. The number of nitrogens with one attached hydrogen (secondary N) is 1. The van der Waals surface area contributed by atoms with Gasteiger partial charge in [-0.15, -0.1) is 0 Å². The van der Waals surface area contributed by atoms with Gasteiger partial charge >= 0.3 is 0 Å². The summed E-state index contributed by atoms with van der Waals surface area (Å²) < 4.78 is 16.2. The van der Waals surface area contributed by atoms with Crippen LogP contribution in [0.4, 0.5) is 5.82 Å². The smallest absolute Gasteiger partial charge is 0.247 e. The number of hydrogen-bond donors (Lipinski definition) is 1. The summed E-state index contributed by atoms with van der Waals surface area (Å²) in [5.74, 6) is 0.738. The van der Waals surface area contributed by atoms with Gasteiger partial charge in [0.1, 0.15) is 22.4 Å². The van der Waals surface area contributed by atoms with Gasteiger partial charge in [-0.05, 0) is 23.3 Å². The van der Waals surface area contributed by atoms with Crippen molar-refractivity contribution in [3.05, 3.63) is 108 Å². The zero-order valence-corrected chi connectivity index (χ0v) is 18.3. The van der Waals surface area contributed by atoms with Gasteiger partial charge in [0.05, 0.1) is 0 Å². The number of anilines is 1. The number of thioether (sulfide) groups is 1. The zero-order valence-electron chi connectivity index (χ0n) is 16.6. The third-order valence-electron chi connectivity index (χ3n) is 5.31. The molecule has 1 N–H and O–H groups in total. The quantitative estimate of drug-likeness (QED) is 0.321. The largest absolute Gasteiger partial charge is 0.353 e. The molecule has 2 unspecified atom stereocenters. The van der Waals surface area contributed by atoms with E-state index in [0.717, 1.165) is 11.1 Å². The summed E-state index contributed by atoms with van der Waals surface area (Å²) in [7, 11) is -3.23. The molecule has 1 aromatic heterocycles. The topological polar surface area (TPSA) is 70.7 Å². The molecule has 2 atom stereocenters. The molecule has 0 aliphatic carbocycles. The van der Waals surface area contributed by atoms with Gasteiger partial charge in [0.25, 0.3) is 0 Å². The van der Waals surface area contributed by atoms with E-state index in [1.54, 1.807) is 4.45 Å². The van der Waals surface area contributed by atoms with Crippen molar-refractivity contribution >= 4 is 30.2 Å². The van der Waals surface area contributed by atoms with Crippen LogP contribution in [0.1, 0.15) is 22.5 Å². The summed E-state index contributed by atoms with van der Waals surface area (Å²) in [6.45, 7) is 0. The van der Waals surface area contributed by atoms with Gasteiger partial charge in [-0.2, -0.15) is 14.8 Å². The van der Waals surface area contributed by atoms with E-state index in [2.05, 4.69) is 11.4 Å². The molecule has 0 bridgehead atoms. The summed E-state index contributed by atoms with van der Waals surface area (Å²) in [4.78, 5) is 0. The molecule has 4 aromatic rings. The lowest BCUT2D eigenvalue weighted by Crippen LogP contribution is -2.16. The van der Waals surface area contributed by atoms with E-state index < -0.39 is 13.1 Å². The van der Waals surface area contributed by atoms with Crippen LogP contribution in [0.2, 0.25) is 0 Å². The van der Waals surface area contributed by atoms with Crippen LogP contribution < -0.4 is 10.6 Å². The van der Waals surface area contributed by atoms with Crippen LogP contribution in [-0.2, 0) is 10.3 Å². The maximum absolute atomic E-state index is 14.6. The maximum Gasteiger partial charge on any atom is 0.247 e. The van der Waals surface area contributed by atoms with Crippen LogP contribution in [0.3, 0.4) is 0 Å². The van der Waals surface area contributed by atoms with Crippen molar-refractivity contribution in [3.63, 3.8) is 0 Å². The van der Waals surface area contributed by atoms with E-state index in [-0.39, 0.29) is 0 Å². The van der Waals surface area contributed by atoms with Crippen LogP contribution in [-0.4, -0.2) is 9.55 Å². The van der Waals surface area contributed by atoms with Crippen molar-refractivity contribution < 1.29 is 4.57 Å². The minimum Gasteiger partial charge on any atom is -0.353 e. The molecular formula is C24H19N4OPS. The Kier molecular flexibility index (Phi) is 5.15. The van der Waals surface area contributed by atoms with Crippen LogP contribution in [0, 0.1) is 11.3 Å². The highest BCUT2D eigenvalue weighted by molar-refractivity contribution is 7.98. The van der Waals surface area contributed by atoms with E-state index in [0.29, 0.717) is 27.5 Å². The first-order valence-electron chi connectivity index (χ1n) is 9.89. The number of benzene rings is 3. The number of fused-ring (bicyclic) bond motifs is 1. The van der Waals surface area contributed by atoms with E-state index in [1.807, 2.05) is 91.0 Å². The summed E-state index contributed by atoms with van der Waals surface area (Å²) in [6, 6.07) is 31.5. The second-order valence-corrected chi connectivity index (χ2v) is 10.8. The summed E-state index contributed by atoms with van der Waals surface area (Å²) in [5, 5.41) is 19.3. The van der Waals surface area contributed by atoms with Crippen molar-refractivity contribution in [2.45, 2.75) is 16.6 Å². The minimum absolute atomic E-state index is 0.440. The van der Waals surface area contributed by atoms with E-state index >= 15 is 0 Å². The summed E-state index contributed by atoms with van der Waals surface area (Å²) >= 11 is 1.49. The van der Waals surface area contributed by atoms with Gasteiger partial charge in [-0.1, -0.05) is 90.6 Å². The molecule has 1 aliphatic heterocycles. The summed E-state index contributed by atoms with van der Waals surface area (Å²) in [6.07, 6.45) is 0. The molecule has 7 heteroatoms. The maximum atomic E-state index is 14.6. The highest BCUT2D eigenvalue weighted by Crippen LogP contribution is 2.65. The molecule has 152 valence electrons. The van der Waals surface area contributed by atoms with Crippen LogP contribution in [0.15, 0.2) is 96.0 Å². The van der Waals surface area contributed by atoms with Crippen LogP contribution in [0.25, 0.3) is 0 Å². The molecule has 5 nitrogen and oxygen atoms in total. The molecule has 3 aromatic carbocycles. The van der Waals surface area contributed by atoms with Crippen molar-refractivity contribution in [2.75, 3.05) is 5.32 Å². The number of aromatic nitrogens is 2. The fraction of sp³-hybridized carbons (Fsp3) is 0.0833. The predicted octanol–water partition coefficient (Wildman–Crippen LogP) is 5.62. The van der Waals surface area contributed by atoms with Gasteiger partial charge in [-0.25, -0.2) is 0 Å². The second kappa shape index (κ2) is 8.11. The van der Waals surface area contributed by atoms with Crippen molar-refractivity contribution in [3.8, 4) is 6.07 Å². The minimum atomic E-state index is -3.23. The Bertz CT molecular complexity index is 1300. The van der Waals surface area contributed by atoms with E-state index in [9.17, 15) is 9.83 Å². The monoisotopic (exact) mass is 442 g/mol. The Morgan fingerprint density at radius 2 is 1.58 bits per heavy atom. The predicted molar refractivity (Wildman–Crippen MR) is 125 cm³/mol. The highest BCUT2D eigenvalue weighted by atomic mass is 32.2. The van der Waals surface area contributed by atoms with Crippen molar-refractivity contribution in [2.24, 2.45) is 0 Å². The Hall–Kier alpha value is -3.26. The third-order valence-corrected chi connectivity index (χ3v) is 9.37. The normalized spacial score (nSPS) is 19.4. The lowest BCUT2D eigenvalue weighted by molar-refractivity contribution is 0.568. The van der Waals surface area contributed by atoms with Gasteiger partial charge in [0.2, 0.25) is 7.29 Å². The lowest BCUT2D eigenvalue weighted by atomic mass is 10.2. The molecule has 2 heterocycles. The van der Waals surface area contributed by atoms with Gasteiger partial charge < -0.3 is 5.32 Å². The number of nitriles is 1. The molecular weight excluding hydrogens is 423 g/mol. The van der Waals surface area contributed by atoms with Gasteiger partial charge in [0, 0.05) is 11.1 Å². The fourth-order valence-electron chi connectivity index (χ4n) is 3.81. The average Bonchev–Trinajstić information content (AvgIpc) is 3.34. The second-order valence-electron chi connectivity index (χ2n) is 7.22. The molecule has 0 saturated carbocycles. The average molecular weight is 442 g/mol. The zero-order chi connectivity index (χ0) is 21.3. The van der Waals surface area contributed by atoms with E-state index in [4.69, 9.17) is 5.10 Å². The number of hydrogen-bond acceptors (Lipinski definition) is 5. The molecule has 31 heavy (non-hydrogen) atoms. The molecule has 0 spiro atoms. The molecule has 0 radical (unpaired) electrons. The Labute approximate surface area is 185 Å².